The van der Waals surface area contributed by atoms with Gasteiger partial charge < -0.3 is 10.2 Å². The molecule has 1 amide bonds. The van der Waals surface area contributed by atoms with E-state index in [4.69, 9.17) is 0 Å². The Morgan fingerprint density at radius 2 is 1.73 bits per heavy atom. The molecule has 1 N–H and O–H groups in total. The number of hydrogen-bond acceptors (Lipinski definition) is 3. The minimum absolute atomic E-state index is 0.466. The summed E-state index contributed by atoms with van der Waals surface area (Å²) in [5, 5.41) is 2.10. The summed E-state index contributed by atoms with van der Waals surface area (Å²) >= 11 is 0. The van der Waals surface area contributed by atoms with E-state index in [9.17, 15) is 27.2 Å². The molecule has 0 atom stereocenters. The van der Waals surface area contributed by atoms with Gasteiger partial charge >= 0.3 is 0 Å². The molecule has 0 spiro atoms. The molecule has 1 aromatic carbocycles. The first-order valence-electron chi connectivity index (χ1n) is 6.15. The molecule has 120 valence electrons. The Labute approximate surface area is 124 Å². The second kappa shape index (κ2) is 7.58. The van der Waals surface area contributed by atoms with Gasteiger partial charge in [-0.3, -0.25) is 9.59 Å². The van der Waals surface area contributed by atoms with E-state index >= 15 is 0 Å². The van der Waals surface area contributed by atoms with Gasteiger partial charge in [-0.2, -0.15) is 0 Å². The number of amides is 1. The van der Waals surface area contributed by atoms with Crippen LogP contribution in [0.3, 0.4) is 0 Å². The molecule has 8 heteroatoms. The van der Waals surface area contributed by atoms with Gasteiger partial charge in [-0.05, 0) is 0 Å². The second-order valence-electron chi connectivity index (χ2n) is 4.59. The Kier molecular flexibility index (Phi) is 6.09. The first kappa shape index (κ1) is 17.7. The quantitative estimate of drug-likeness (QED) is 0.376. The Balaban J connectivity index is 2.91. The van der Waals surface area contributed by atoms with Crippen LogP contribution in [-0.4, -0.2) is 37.4 Å². The van der Waals surface area contributed by atoms with Gasteiger partial charge in [0.1, 0.15) is 23.0 Å². The number of nitrogens with one attached hydrogen (secondary N) is 1. The molecule has 0 saturated heterocycles. The average molecular weight is 318 g/mol. The van der Waals surface area contributed by atoms with Gasteiger partial charge in [0.05, 0.1) is 0 Å². The van der Waals surface area contributed by atoms with Crippen molar-refractivity contribution in [1.82, 2.24) is 10.2 Å². The standard InChI is InChI=1S/C14H14F4N2O2/c1-20(2)7-10(13(21)5-15)14(22)19-6-9-11(17)3-8(16)4-12(9)18/h3-4,7H,5-6H2,1-2H3,(H,19,22)/b10-7+. The van der Waals surface area contributed by atoms with Crippen molar-refractivity contribution < 1.29 is 27.2 Å². The molecule has 1 rings (SSSR count). The van der Waals surface area contributed by atoms with Crippen LogP contribution in [0.25, 0.3) is 0 Å². The monoisotopic (exact) mass is 318 g/mol. The summed E-state index contributed by atoms with van der Waals surface area (Å²) in [6.07, 6.45) is 1.09. The van der Waals surface area contributed by atoms with Crippen LogP contribution in [0.2, 0.25) is 0 Å². The summed E-state index contributed by atoms with van der Waals surface area (Å²) < 4.78 is 52.0. The molecule has 0 aliphatic heterocycles. The van der Waals surface area contributed by atoms with Gasteiger partial charge in [-0.1, -0.05) is 0 Å². The summed E-state index contributed by atoms with van der Waals surface area (Å²) in [5.41, 5.74) is -1.05. The van der Waals surface area contributed by atoms with Crippen molar-refractivity contribution in [2.45, 2.75) is 6.54 Å². The number of rotatable bonds is 6. The highest BCUT2D eigenvalue weighted by Crippen LogP contribution is 2.14. The highest BCUT2D eigenvalue weighted by Gasteiger charge is 2.20. The van der Waals surface area contributed by atoms with Gasteiger partial charge in [0, 0.05) is 44.5 Å². The van der Waals surface area contributed by atoms with Crippen LogP contribution in [-0.2, 0) is 16.1 Å². The molecule has 0 saturated carbocycles. The van der Waals surface area contributed by atoms with Crippen molar-refractivity contribution in [3.05, 3.63) is 46.9 Å². The number of hydrogen-bond donors (Lipinski definition) is 1. The summed E-state index contributed by atoms with van der Waals surface area (Å²) in [6, 6.07) is 0.932. The van der Waals surface area contributed by atoms with Crippen molar-refractivity contribution >= 4 is 11.7 Å². The minimum atomic E-state index is -1.38. The largest absolute Gasteiger partial charge is 0.383 e. The second-order valence-corrected chi connectivity index (χ2v) is 4.59. The molecule has 1 aromatic rings. The number of Topliss-reactive ketones (excluding diaryl/α,β-unsaturated/α-hetero) is 1. The van der Waals surface area contributed by atoms with Crippen molar-refractivity contribution in [1.29, 1.82) is 0 Å². The van der Waals surface area contributed by atoms with Crippen LogP contribution in [0.5, 0.6) is 0 Å². The van der Waals surface area contributed by atoms with Crippen LogP contribution >= 0.6 is 0 Å². The third kappa shape index (κ3) is 4.57. The Hall–Kier alpha value is -2.38. The fraction of sp³-hybridized carbons (Fsp3) is 0.286. The molecular weight excluding hydrogens is 304 g/mol. The van der Waals surface area contributed by atoms with Crippen LogP contribution in [0.4, 0.5) is 17.6 Å². The molecule has 0 bridgehead atoms. The number of carbonyl (C=O) groups is 2. The van der Waals surface area contributed by atoms with Crippen LogP contribution < -0.4 is 5.32 Å². The summed E-state index contributed by atoms with van der Waals surface area (Å²) in [6.45, 7) is -1.99. The number of halogens is 4. The summed E-state index contributed by atoms with van der Waals surface area (Å²) in [7, 11) is 3.02. The number of carbonyl (C=O) groups excluding carboxylic acids is 2. The number of nitrogens with zero attached hydrogens (tertiary/aromatic N) is 1. The highest BCUT2D eigenvalue weighted by atomic mass is 19.1. The minimum Gasteiger partial charge on any atom is -0.383 e. The smallest absolute Gasteiger partial charge is 0.256 e. The molecule has 0 fully saturated rings. The van der Waals surface area contributed by atoms with E-state index in [-0.39, 0.29) is 0 Å². The molecule has 0 aliphatic carbocycles. The predicted octanol–water partition coefficient (Wildman–Crippen LogP) is 1.70. The molecular formula is C14H14F4N2O2. The molecule has 0 radical (unpaired) electrons. The molecule has 4 nitrogen and oxygen atoms in total. The van der Waals surface area contributed by atoms with E-state index in [0.29, 0.717) is 12.1 Å². The summed E-state index contributed by atoms with van der Waals surface area (Å²) in [5.74, 6) is -5.49. The van der Waals surface area contributed by atoms with Gasteiger partial charge in [0.25, 0.3) is 5.91 Å². The zero-order valence-corrected chi connectivity index (χ0v) is 11.9. The zero-order chi connectivity index (χ0) is 16.9. The lowest BCUT2D eigenvalue weighted by Gasteiger charge is -2.11. The SMILES string of the molecule is CN(C)/C=C(\C(=O)CF)C(=O)NCc1c(F)cc(F)cc1F. The third-order valence-corrected chi connectivity index (χ3v) is 2.59. The fourth-order valence-corrected chi connectivity index (χ4v) is 1.59. The average Bonchev–Trinajstić information content (AvgIpc) is 2.42. The first-order valence-corrected chi connectivity index (χ1v) is 6.15. The maximum Gasteiger partial charge on any atom is 0.256 e. The Bertz CT molecular complexity index is 592. The van der Waals surface area contributed by atoms with Gasteiger partial charge in [-0.15, -0.1) is 0 Å². The van der Waals surface area contributed by atoms with Gasteiger partial charge in [-0.25, -0.2) is 17.6 Å². The van der Waals surface area contributed by atoms with Gasteiger partial charge in [0.15, 0.2) is 6.67 Å². The van der Waals surface area contributed by atoms with Gasteiger partial charge in [0.2, 0.25) is 5.78 Å². The lowest BCUT2D eigenvalue weighted by atomic mass is 10.1. The van der Waals surface area contributed by atoms with Crippen molar-refractivity contribution in [2.24, 2.45) is 0 Å². The lowest BCUT2D eigenvalue weighted by Crippen LogP contribution is -2.30. The van der Waals surface area contributed by atoms with E-state index < -0.39 is 53.5 Å². The third-order valence-electron chi connectivity index (χ3n) is 2.59. The maximum absolute atomic E-state index is 13.4. The number of benzene rings is 1. The van der Waals surface area contributed by atoms with E-state index in [1.54, 1.807) is 0 Å². The van der Waals surface area contributed by atoms with Crippen molar-refractivity contribution in [3.63, 3.8) is 0 Å². The van der Waals surface area contributed by atoms with E-state index in [1.165, 1.54) is 19.0 Å². The van der Waals surface area contributed by atoms with E-state index in [0.717, 1.165) is 6.20 Å². The van der Waals surface area contributed by atoms with Crippen molar-refractivity contribution in [2.75, 3.05) is 20.8 Å². The topological polar surface area (TPSA) is 49.4 Å². The number of alkyl halides is 1. The first-order chi connectivity index (χ1) is 10.3. The highest BCUT2D eigenvalue weighted by molar-refractivity contribution is 6.19. The molecule has 0 aromatic heterocycles. The normalized spacial score (nSPS) is 11.3. The Morgan fingerprint density at radius 3 is 2.18 bits per heavy atom. The van der Waals surface area contributed by atoms with E-state index in [1.807, 2.05) is 0 Å². The Morgan fingerprint density at radius 1 is 1.18 bits per heavy atom. The lowest BCUT2D eigenvalue weighted by molar-refractivity contribution is -0.123. The fourth-order valence-electron chi connectivity index (χ4n) is 1.59. The molecule has 0 heterocycles. The van der Waals surface area contributed by atoms with Crippen LogP contribution in [0.1, 0.15) is 5.56 Å². The predicted molar refractivity (Wildman–Crippen MR) is 70.9 cm³/mol. The van der Waals surface area contributed by atoms with Crippen LogP contribution in [0.15, 0.2) is 23.9 Å². The van der Waals surface area contributed by atoms with E-state index in [2.05, 4.69) is 5.32 Å². The molecule has 0 unspecified atom stereocenters. The van der Waals surface area contributed by atoms with Crippen molar-refractivity contribution in [3.8, 4) is 0 Å². The zero-order valence-electron chi connectivity index (χ0n) is 11.9. The summed E-state index contributed by atoms with van der Waals surface area (Å²) in [4.78, 5) is 24.5. The van der Waals surface area contributed by atoms with Crippen LogP contribution in [0, 0.1) is 17.5 Å². The maximum atomic E-state index is 13.4. The molecule has 22 heavy (non-hydrogen) atoms. The molecule has 0 aliphatic rings. The number of ketones is 1.